The summed E-state index contributed by atoms with van der Waals surface area (Å²) in [7, 11) is 0. The van der Waals surface area contributed by atoms with Gasteiger partial charge < -0.3 is 15.3 Å². The van der Waals surface area contributed by atoms with Gasteiger partial charge in [-0.05, 0) is 32.2 Å². The molecule has 3 rings (SSSR count). The first-order valence-electron chi connectivity index (χ1n) is 8.85. The van der Waals surface area contributed by atoms with Crippen LogP contribution < -0.4 is 10.8 Å². The molecule has 0 aromatic carbocycles. The summed E-state index contributed by atoms with van der Waals surface area (Å²) in [4.78, 5) is 45.6. The van der Waals surface area contributed by atoms with Crippen molar-refractivity contribution < 1.29 is 37.9 Å². The number of piperidine rings is 2. The minimum atomic E-state index is -4.53. The van der Waals surface area contributed by atoms with E-state index in [1.807, 2.05) is 0 Å². The zero-order valence-electron chi connectivity index (χ0n) is 14.5. The Bertz CT molecular complexity index is 601. The van der Waals surface area contributed by atoms with Crippen molar-refractivity contribution in [1.82, 2.24) is 20.8 Å². The Labute approximate surface area is 153 Å². The van der Waals surface area contributed by atoms with Crippen molar-refractivity contribution in [2.45, 2.75) is 56.3 Å². The number of nitrogens with zero attached hydrogens (tertiary/aromatic N) is 2. The Morgan fingerprint density at radius 3 is 2.74 bits per heavy atom. The summed E-state index contributed by atoms with van der Waals surface area (Å²) in [6.07, 6.45) is -0.954. The van der Waals surface area contributed by atoms with Gasteiger partial charge in [-0.2, -0.15) is 18.7 Å². The van der Waals surface area contributed by atoms with Gasteiger partial charge in [0.1, 0.15) is 6.04 Å². The number of nitrogens with one attached hydrogen (secondary N) is 2. The fraction of sp³-hybridized carbons (Fsp3) is 0.800. The Balaban J connectivity index is 1.52. The largest absolute Gasteiger partial charge is 0.476 e. The molecule has 0 unspecified atom stereocenters. The van der Waals surface area contributed by atoms with E-state index in [1.54, 1.807) is 0 Å². The normalized spacial score (nSPS) is 28.4. The molecule has 0 aromatic rings. The summed E-state index contributed by atoms with van der Waals surface area (Å²) in [5.74, 6) is -3.05. The van der Waals surface area contributed by atoms with E-state index >= 15 is 0 Å². The summed E-state index contributed by atoms with van der Waals surface area (Å²) in [6.45, 7) is 1.18. The van der Waals surface area contributed by atoms with E-state index in [4.69, 9.17) is 9.94 Å². The molecule has 0 spiro atoms. The Morgan fingerprint density at radius 2 is 2.07 bits per heavy atom. The fourth-order valence-corrected chi connectivity index (χ4v) is 3.53. The average Bonchev–Trinajstić information content (AvgIpc) is 2.87. The highest BCUT2D eigenvalue weighted by Crippen LogP contribution is 2.33. The van der Waals surface area contributed by atoms with Crippen LogP contribution in [0.1, 0.15) is 32.1 Å². The van der Waals surface area contributed by atoms with Gasteiger partial charge in [0.15, 0.2) is 0 Å². The number of hydrogen-bond acceptors (Lipinski definition) is 6. The molecule has 0 aliphatic carbocycles. The number of carbonyl (C=O) groups excluding carboxylic acids is 2. The molecule has 3 heterocycles. The van der Waals surface area contributed by atoms with Gasteiger partial charge in [-0.3, -0.25) is 9.63 Å². The van der Waals surface area contributed by atoms with Crippen LogP contribution in [0, 0.1) is 0 Å². The molecule has 3 atom stereocenters. The Hall–Kier alpha value is -2.05. The van der Waals surface area contributed by atoms with Gasteiger partial charge in [0.05, 0.1) is 12.6 Å². The third-order valence-electron chi connectivity index (χ3n) is 4.96. The van der Waals surface area contributed by atoms with Crippen molar-refractivity contribution in [3.8, 4) is 0 Å². The van der Waals surface area contributed by atoms with Crippen LogP contribution in [0.5, 0.6) is 0 Å². The SMILES string of the molecule is O=C(NOC[C@@H]1CCCCN1)[C@@H]1CC[C@@H]2CN1C(=O)N2OC(F)(F)C(=O)O. The van der Waals surface area contributed by atoms with Crippen LogP contribution >= 0.6 is 0 Å². The molecule has 10 nitrogen and oxygen atoms in total. The molecule has 3 fully saturated rings. The van der Waals surface area contributed by atoms with Crippen LogP contribution in [-0.4, -0.2) is 76.9 Å². The summed E-state index contributed by atoms with van der Waals surface area (Å²) in [6, 6.07) is -2.45. The Kier molecular flexibility index (Phi) is 5.77. The van der Waals surface area contributed by atoms with E-state index in [-0.39, 0.29) is 32.0 Å². The molecule has 0 aromatic heterocycles. The minimum Gasteiger partial charge on any atom is -0.475 e. The van der Waals surface area contributed by atoms with Crippen LogP contribution in [-0.2, 0) is 19.3 Å². The molecular formula is C15H22F2N4O6. The van der Waals surface area contributed by atoms with Crippen molar-refractivity contribution in [2.24, 2.45) is 0 Å². The van der Waals surface area contributed by atoms with E-state index in [1.165, 1.54) is 0 Å². The maximum absolute atomic E-state index is 13.3. The number of carbonyl (C=O) groups is 3. The number of hydrogen-bond donors (Lipinski definition) is 3. The van der Waals surface area contributed by atoms with Gasteiger partial charge in [-0.1, -0.05) is 6.42 Å². The van der Waals surface area contributed by atoms with Crippen LogP contribution in [0.25, 0.3) is 0 Å². The maximum atomic E-state index is 13.3. The molecule has 27 heavy (non-hydrogen) atoms. The van der Waals surface area contributed by atoms with Crippen LogP contribution in [0.3, 0.4) is 0 Å². The minimum absolute atomic E-state index is 0.00317. The standard InChI is InChI=1S/C15H22F2N4O6/c16-15(17,13(23)24)27-21-10-4-5-11(20(7-10)14(21)25)12(22)19-26-8-9-3-1-2-6-18-9/h9-11,18H,1-8H2,(H,19,22)(H,23,24)/t9-,10+,11-/m0/s1. The molecule has 0 saturated carbocycles. The van der Waals surface area contributed by atoms with Crippen molar-refractivity contribution >= 4 is 17.9 Å². The van der Waals surface area contributed by atoms with E-state index in [9.17, 15) is 23.2 Å². The Morgan fingerprint density at radius 1 is 1.30 bits per heavy atom. The first-order valence-corrected chi connectivity index (χ1v) is 8.85. The van der Waals surface area contributed by atoms with Crippen molar-refractivity contribution in [3.05, 3.63) is 0 Å². The molecule has 2 bridgehead atoms. The van der Waals surface area contributed by atoms with E-state index in [0.29, 0.717) is 5.06 Å². The average molecular weight is 392 g/mol. The van der Waals surface area contributed by atoms with Gasteiger partial charge in [0.25, 0.3) is 5.91 Å². The van der Waals surface area contributed by atoms with E-state index in [2.05, 4.69) is 15.6 Å². The molecular weight excluding hydrogens is 370 g/mol. The number of halogens is 2. The summed E-state index contributed by atoms with van der Waals surface area (Å²) in [5.41, 5.74) is 2.31. The number of carboxylic acid groups (broad SMARTS) is 1. The van der Waals surface area contributed by atoms with Gasteiger partial charge >= 0.3 is 18.1 Å². The lowest BCUT2D eigenvalue weighted by atomic mass is 10.0. The molecule has 3 N–H and O–H groups in total. The third kappa shape index (κ3) is 4.28. The van der Waals surface area contributed by atoms with Crippen molar-refractivity contribution in [2.75, 3.05) is 19.7 Å². The van der Waals surface area contributed by atoms with Crippen LogP contribution in [0.2, 0.25) is 0 Å². The zero-order chi connectivity index (χ0) is 19.6. The highest BCUT2D eigenvalue weighted by molar-refractivity contribution is 5.88. The first kappa shape index (κ1) is 19.7. The molecule has 152 valence electrons. The maximum Gasteiger partial charge on any atom is 0.476 e. The fourth-order valence-electron chi connectivity index (χ4n) is 3.53. The number of alkyl halides is 2. The van der Waals surface area contributed by atoms with E-state index < -0.39 is 36.1 Å². The first-order chi connectivity index (χ1) is 12.8. The van der Waals surface area contributed by atoms with Gasteiger partial charge in [0, 0.05) is 12.6 Å². The highest BCUT2D eigenvalue weighted by Gasteiger charge is 2.53. The molecule has 3 aliphatic rings. The lowest BCUT2D eigenvalue weighted by Crippen LogP contribution is -2.50. The second-order valence-electron chi connectivity index (χ2n) is 6.85. The number of rotatable bonds is 7. The summed E-state index contributed by atoms with van der Waals surface area (Å²) < 4.78 is 26.6. The lowest BCUT2D eigenvalue weighted by Gasteiger charge is -2.29. The number of urea groups is 1. The quantitative estimate of drug-likeness (QED) is 0.524. The molecule has 3 aliphatic heterocycles. The van der Waals surface area contributed by atoms with E-state index in [0.717, 1.165) is 30.7 Å². The smallest absolute Gasteiger partial charge is 0.475 e. The topological polar surface area (TPSA) is 120 Å². The van der Waals surface area contributed by atoms with Gasteiger partial charge in [-0.25, -0.2) is 15.1 Å². The number of hydroxylamine groups is 3. The number of aliphatic carboxylic acids is 1. The second kappa shape index (κ2) is 7.90. The van der Waals surface area contributed by atoms with Crippen LogP contribution in [0.15, 0.2) is 0 Å². The number of fused-ring (bicyclic) bond motifs is 2. The molecule has 3 saturated heterocycles. The predicted octanol–water partition coefficient (Wildman–Crippen LogP) is 0.0539. The second-order valence-corrected chi connectivity index (χ2v) is 6.85. The zero-order valence-corrected chi connectivity index (χ0v) is 14.5. The van der Waals surface area contributed by atoms with Gasteiger partial charge in [0.2, 0.25) is 0 Å². The monoisotopic (exact) mass is 392 g/mol. The molecule has 0 radical (unpaired) electrons. The van der Waals surface area contributed by atoms with Gasteiger partial charge in [-0.15, -0.1) is 0 Å². The summed E-state index contributed by atoms with van der Waals surface area (Å²) >= 11 is 0. The number of amides is 3. The van der Waals surface area contributed by atoms with Crippen molar-refractivity contribution in [1.29, 1.82) is 0 Å². The molecule has 3 amide bonds. The van der Waals surface area contributed by atoms with Crippen molar-refractivity contribution in [3.63, 3.8) is 0 Å². The lowest BCUT2D eigenvalue weighted by molar-refractivity contribution is -0.327. The highest BCUT2D eigenvalue weighted by atomic mass is 19.3. The third-order valence-corrected chi connectivity index (χ3v) is 4.96. The van der Waals surface area contributed by atoms with Crippen LogP contribution in [0.4, 0.5) is 13.6 Å². The molecule has 12 heteroatoms. The number of carboxylic acids is 1. The summed E-state index contributed by atoms with van der Waals surface area (Å²) in [5, 5.41) is 12.1. The predicted molar refractivity (Wildman–Crippen MR) is 84.2 cm³/mol.